The van der Waals surface area contributed by atoms with Crippen LogP contribution in [-0.4, -0.2) is 47.3 Å². The zero-order chi connectivity index (χ0) is 16.8. The second-order valence-corrected chi connectivity index (χ2v) is 8.77. The summed E-state index contributed by atoms with van der Waals surface area (Å²) in [6.07, 6.45) is 0. The van der Waals surface area contributed by atoms with E-state index in [1.807, 2.05) is 16.8 Å². The number of hydrogen-bond acceptors (Lipinski definition) is 5. The zero-order valence-corrected chi connectivity index (χ0v) is 15.2. The summed E-state index contributed by atoms with van der Waals surface area (Å²) < 4.78 is 28.7. The molecule has 1 fully saturated rings. The highest BCUT2D eigenvalue weighted by atomic mass is 35.5. The number of aliphatic hydroxyl groups excluding tert-OH is 1. The Morgan fingerprint density at radius 3 is 2.74 bits per heavy atom. The summed E-state index contributed by atoms with van der Waals surface area (Å²) >= 11 is 7.70. The van der Waals surface area contributed by atoms with Gasteiger partial charge in [0.1, 0.15) is 10.0 Å². The summed E-state index contributed by atoms with van der Waals surface area (Å²) in [7, 11) is -2.12. The molecule has 1 aliphatic rings. The summed E-state index contributed by atoms with van der Waals surface area (Å²) in [4.78, 5) is 0.0596. The van der Waals surface area contributed by atoms with Gasteiger partial charge in [-0.25, -0.2) is 8.42 Å². The number of aromatic nitrogens is 2. The molecule has 2 aromatic rings. The Hall–Kier alpha value is -0.930. The summed E-state index contributed by atoms with van der Waals surface area (Å²) in [5.41, 5.74) is 1.46. The SMILES string of the molecule is Cc1nn(C)c(Cl)c1S(=O)(=O)N1C[C@H](CO)[C@@H](c2ccsc2)C1. The Kier molecular flexibility index (Phi) is 4.54. The van der Waals surface area contributed by atoms with Gasteiger partial charge in [0.15, 0.2) is 0 Å². The Labute approximate surface area is 144 Å². The van der Waals surface area contributed by atoms with Crippen LogP contribution in [0.15, 0.2) is 21.7 Å². The Morgan fingerprint density at radius 1 is 1.48 bits per heavy atom. The van der Waals surface area contributed by atoms with E-state index in [9.17, 15) is 13.5 Å². The molecule has 0 unspecified atom stereocenters. The lowest BCUT2D eigenvalue weighted by Crippen LogP contribution is -2.30. The smallest absolute Gasteiger partial charge is 0.248 e. The van der Waals surface area contributed by atoms with Crippen LogP contribution in [-0.2, 0) is 17.1 Å². The van der Waals surface area contributed by atoms with Crippen LogP contribution >= 0.6 is 22.9 Å². The fourth-order valence-electron chi connectivity index (χ4n) is 3.11. The number of aryl methyl sites for hydroxylation is 2. The van der Waals surface area contributed by atoms with Gasteiger partial charge in [-0.1, -0.05) is 11.6 Å². The van der Waals surface area contributed by atoms with Crippen LogP contribution in [0.2, 0.25) is 5.15 Å². The minimum absolute atomic E-state index is 0.00298. The molecule has 3 heterocycles. The normalized spacial score (nSPS) is 22.8. The molecule has 6 nitrogen and oxygen atoms in total. The first kappa shape index (κ1) is 16.9. The summed E-state index contributed by atoms with van der Waals surface area (Å²) in [5, 5.41) is 17.8. The fourth-order valence-corrected chi connectivity index (χ4v) is 6.06. The minimum Gasteiger partial charge on any atom is -0.396 e. The van der Waals surface area contributed by atoms with Crippen molar-refractivity contribution in [3.63, 3.8) is 0 Å². The number of nitrogens with zero attached hydrogens (tertiary/aromatic N) is 3. The van der Waals surface area contributed by atoms with Gasteiger partial charge in [-0.05, 0) is 29.3 Å². The van der Waals surface area contributed by atoms with Gasteiger partial charge in [-0.2, -0.15) is 20.7 Å². The van der Waals surface area contributed by atoms with Gasteiger partial charge < -0.3 is 5.11 Å². The minimum atomic E-state index is -3.74. The van der Waals surface area contributed by atoms with Crippen molar-refractivity contribution < 1.29 is 13.5 Å². The standard InChI is InChI=1S/C14H18ClN3O3S2/c1-9-13(14(15)17(2)16-9)23(20,21)18-5-11(7-19)12(6-18)10-3-4-22-8-10/h3-4,8,11-12,19H,5-7H2,1-2H3/t11-,12-/m1/s1. The summed E-state index contributed by atoms with van der Waals surface area (Å²) in [6.45, 7) is 2.21. The van der Waals surface area contributed by atoms with Crippen LogP contribution in [0.25, 0.3) is 0 Å². The first-order valence-electron chi connectivity index (χ1n) is 7.18. The third-order valence-corrected chi connectivity index (χ3v) is 7.54. The van der Waals surface area contributed by atoms with Crippen LogP contribution < -0.4 is 0 Å². The molecule has 0 aromatic carbocycles. The monoisotopic (exact) mass is 375 g/mol. The third-order valence-electron chi connectivity index (χ3n) is 4.31. The number of halogens is 1. The molecule has 2 aromatic heterocycles. The molecule has 0 saturated carbocycles. The van der Waals surface area contributed by atoms with Crippen LogP contribution in [0.1, 0.15) is 17.2 Å². The molecule has 2 atom stereocenters. The number of rotatable bonds is 4. The van der Waals surface area contributed by atoms with E-state index < -0.39 is 10.0 Å². The molecular formula is C14H18ClN3O3S2. The van der Waals surface area contributed by atoms with Crippen molar-refractivity contribution in [3.8, 4) is 0 Å². The second-order valence-electron chi connectivity index (χ2n) is 5.76. The van der Waals surface area contributed by atoms with Crippen LogP contribution in [0.5, 0.6) is 0 Å². The average Bonchev–Trinajstić information content (AvgIpc) is 3.19. The van der Waals surface area contributed by atoms with E-state index in [1.54, 1.807) is 25.3 Å². The molecule has 0 bridgehead atoms. The first-order chi connectivity index (χ1) is 10.9. The van der Waals surface area contributed by atoms with Crippen molar-refractivity contribution >= 4 is 33.0 Å². The van der Waals surface area contributed by atoms with Crippen molar-refractivity contribution in [2.75, 3.05) is 19.7 Å². The lowest BCUT2D eigenvalue weighted by molar-refractivity contribution is 0.223. The lowest BCUT2D eigenvalue weighted by atomic mass is 9.92. The Balaban J connectivity index is 1.96. The highest BCUT2D eigenvalue weighted by molar-refractivity contribution is 7.89. The molecule has 23 heavy (non-hydrogen) atoms. The summed E-state index contributed by atoms with van der Waals surface area (Å²) in [6, 6.07) is 1.98. The van der Waals surface area contributed by atoms with Crippen molar-refractivity contribution in [3.05, 3.63) is 33.2 Å². The van der Waals surface area contributed by atoms with Gasteiger partial charge in [0.2, 0.25) is 10.0 Å². The van der Waals surface area contributed by atoms with Crippen molar-refractivity contribution in [2.45, 2.75) is 17.7 Å². The van der Waals surface area contributed by atoms with E-state index in [1.165, 1.54) is 8.99 Å². The van der Waals surface area contributed by atoms with Gasteiger partial charge in [-0.15, -0.1) is 0 Å². The number of aliphatic hydroxyl groups is 1. The maximum absolute atomic E-state index is 13.0. The van der Waals surface area contributed by atoms with Crippen molar-refractivity contribution in [1.29, 1.82) is 0 Å². The van der Waals surface area contributed by atoms with Crippen LogP contribution in [0.4, 0.5) is 0 Å². The quantitative estimate of drug-likeness (QED) is 0.884. The third kappa shape index (κ3) is 2.83. The van der Waals surface area contributed by atoms with Crippen molar-refractivity contribution in [1.82, 2.24) is 14.1 Å². The topological polar surface area (TPSA) is 75.4 Å². The lowest BCUT2D eigenvalue weighted by Gasteiger charge is -2.16. The maximum Gasteiger partial charge on any atom is 0.248 e. The molecule has 0 radical (unpaired) electrons. The van der Waals surface area contributed by atoms with E-state index in [2.05, 4.69) is 5.10 Å². The first-order valence-corrected chi connectivity index (χ1v) is 9.94. The largest absolute Gasteiger partial charge is 0.396 e. The molecule has 126 valence electrons. The zero-order valence-electron chi connectivity index (χ0n) is 12.8. The second kappa shape index (κ2) is 6.18. The molecular weight excluding hydrogens is 358 g/mol. The Morgan fingerprint density at radius 2 is 2.22 bits per heavy atom. The van der Waals surface area contributed by atoms with E-state index in [4.69, 9.17) is 11.6 Å². The molecule has 0 spiro atoms. The van der Waals surface area contributed by atoms with E-state index >= 15 is 0 Å². The fraction of sp³-hybridized carbons (Fsp3) is 0.500. The predicted molar refractivity (Wildman–Crippen MR) is 89.3 cm³/mol. The van der Waals surface area contributed by atoms with Gasteiger partial charge in [0.25, 0.3) is 0 Å². The average molecular weight is 376 g/mol. The van der Waals surface area contributed by atoms with Gasteiger partial charge in [0.05, 0.1) is 5.69 Å². The maximum atomic E-state index is 13.0. The number of hydrogen-bond donors (Lipinski definition) is 1. The predicted octanol–water partition coefficient (Wildman–Crippen LogP) is 1.84. The molecule has 1 N–H and O–H groups in total. The highest BCUT2D eigenvalue weighted by Gasteiger charge is 2.41. The summed E-state index contributed by atoms with van der Waals surface area (Å²) in [5.74, 6) is -0.119. The molecule has 0 amide bonds. The van der Waals surface area contributed by atoms with Crippen LogP contribution in [0.3, 0.4) is 0 Å². The number of thiophene rings is 1. The van der Waals surface area contributed by atoms with Crippen LogP contribution in [0, 0.1) is 12.8 Å². The van der Waals surface area contributed by atoms with Gasteiger partial charge >= 0.3 is 0 Å². The van der Waals surface area contributed by atoms with Gasteiger partial charge in [0, 0.05) is 38.6 Å². The van der Waals surface area contributed by atoms with Gasteiger partial charge in [-0.3, -0.25) is 4.68 Å². The molecule has 1 saturated heterocycles. The van der Waals surface area contributed by atoms with E-state index in [0.29, 0.717) is 12.2 Å². The molecule has 3 rings (SSSR count). The van der Waals surface area contributed by atoms with E-state index in [-0.39, 0.29) is 35.0 Å². The molecule has 1 aliphatic heterocycles. The Bertz CT molecular complexity index is 802. The molecule has 0 aliphatic carbocycles. The number of sulfonamides is 1. The highest BCUT2D eigenvalue weighted by Crippen LogP contribution is 2.38. The van der Waals surface area contributed by atoms with Crippen molar-refractivity contribution in [2.24, 2.45) is 13.0 Å². The van der Waals surface area contributed by atoms with E-state index in [0.717, 1.165) is 5.56 Å². The molecule has 9 heteroatoms.